The Hall–Kier alpha value is -7.07. The molecule has 9 aromatic carbocycles. The van der Waals surface area contributed by atoms with E-state index < -0.39 is 16.1 Å². The maximum Gasteiger partial charge on any atom is 0.121 e. The molecule has 0 bridgehead atoms. The van der Waals surface area contributed by atoms with E-state index in [1.165, 1.54) is 71.0 Å². The number of fused-ring (bicyclic) bond motifs is 7. The van der Waals surface area contributed by atoms with Crippen LogP contribution in [0.3, 0.4) is 0 Å². The molecule has 8 heteroatoms. The number of imidazole rings is 1. The average molecular weight is 1240 g/mol. The molecule has 0 saturated carbocycles. The number of hydrogen-bond donors (Lipinski definition) is 0. The van der Waals surface area contributed by atoms with E-state index in [2.05, 4.69) is 248 Å². The van der Waals surface area contributed by atoms with Crippen molar-refractivity contribution in [1.82, 2.24) is 19.5 Å². The molecule has 0 unspecified atom stereocenters. The van der Waals surface area contributed by atoms with E-state index in [-0.39, 0.29) is 37.4 Å². The first-order valence-electron chi connectivity index (χ1n) is 27.6. The van der Waals surface area contributed by atoms with Gasteiger partial charge in [-0.25, -0.2) is 0 Å². The fourth-order valence-electron chi connectivity index (χ4n) is 10.8. The summed E-state index contributed by atoms with van der Waals surface area (Å²) >= 11 is 0. The van der Waals surface area contributed by atoms with E-state index in [1.54, 1.807) is 0 Å². The van der Waals surface area contributed by atoms with Gasteiger partial charge in [0, 0.05) is 48.5 Å². The molecule has 0 N–H and O–H groups in total. The molecule has 0 saturated heterocycles. The van der Waals surface area contributed by atoms with Gasteiger partial charge in [0.25, 0.3) is 0 Å². The fourth-order valence-corrected chi connectivity index (χ4v) is 13.3. The summed E-state index contributed by atoms with van der Waals surface area (Å²) in [4.78, 5) is 14.3. The molecule has 0 spiro atoms. The van der Waals surface area contributed by atoms with Gasteiger partial charge in [0.05, 0.1) is 44.4 Å². The van der Waals surface area contributed by atoms with Crippen molar-refractivity contribution in [1.29, 1.82) is 0 Å². The molecule has 0 aliphatic rings. The Labute approximate surface area is 482 Å². The minimum Gasteiger partial charge on any atom is -0.501 e. The zero-order valence-corrected chi connectivity index (χ0v) is 52.3. The van der Waals surface area contributed by atoms with Crippen molar-refractivity contribution >= 4 is 81.0 Å². The predicted molar refractivity (Wildman–Crippen MR) is 338 cm³/mol. The van der Waals surface area contributed by atoms with Crippen LogP contribution >= 0.6 is 0 Å². The summed E-state index contributed by atoms with van der Waals surface area (Å²) in [5, 5.41) is 10.1. The summed E-state index contributed by atoms with van der Waals surface area (Å²) in [5.41, 5.74) is 15.5. The van der Waals surface area contributed by atoms with Crippen LogP contribution in [0.4, 0.5) is 0 Å². The second kappa shape index (κ2) is 21.5. The van der Waals surface area contributed by atoms with Crippen molar-refractivity contribution < 1.29 is 24.5 Å². The number of benzene rings is 9. The van der Waals surface area contributed by atoms with Crippen LogP contribution in [0.15, 0.2) is 180 Å². The van der Waals surface area contributed by atoms with Gasteiger partial charge in [-0.3, -0.25) is 15.0 Å². The third-order valence-electron chi connectivity index (χ3n) is 15.3. The Morgan fingerprint density at radius 2 is 1.15 bits per heavy atom. The first kappa shape index (κ1) is 55.3. The monoisotopic (exact) mass is 1240 g/mol. The third-order valence-corrected chi connectivity index (χ3v) is 19.3. The summed E-state index contributed by atoms with van der Waals surface area (Å²) in [7, 11) is -3.02. The minimum atomic E-state index is -1.51. The maximum atomic E-state index is 6.92. The van der Waals surface area contributed by atoms with Gasteiger partial charge in [-0.15, -0.1) is 54.1 Å². The Bertz CT molecular complexity index is 4150. The van der Waals surface area contributed by atoms with Gasteiger partial charge < -0.3 is 8.98 Å². The van der Waals surface area contributed by atoms with Crippen LogP contribution in [0.1, 0.15) is 77.1 Å². The molecule has 0 amide bonds. The van der Waals surface area contributed by atoms with E-state index in [0.29, 0.717) is 0 Å². The van der Waals surface area contributed by atoms with E-state index in [9.17, 15) is 0 Å². The molecule has 3 aromatic heterocycles. The number of para-hydroxylation sites is 2. The standard InChI is InChI=1S/C57H55N2OSi2.C14H15N2.Ir/c1-35(2)48-31-42(38-24-22-37(23-25-38)41-28-43(61(5,6)7)33-44(29-41)62(8,9)10)32-49(36(3)4)55(48)59-53-21-14-13-20-52(53)58-57(59)47-19-15-18-46-51-30-40-27-26-39-16-11-12-17-45(39)50(40)34-54(51)60-56(46)47;1-14(2,3)12-9-10-15-13(16-12)11-7-5-4-6-8-11;/h11-18,20-36H,1-10H3;4-7,9-10H,1-3H3;/q2*-1;. The normalized spacial score (nSPS) is 12.2. The van der Waals surface area contributed by atoms with Gasteiger partial charge in [0.2, 0.25) is 0 Å². The molecule has 79 heavy (non-hydrogen) atoms. The van der Waals surface area contributed by atoms with Crippen LogP contribution < -0.4 is 10.4 Å². The molecular weight excluding hydrogens is 1170 g/mol. The summed E-state index contributed by atoms with van der Waals surface area (Å²) in [5.74, 6) is 2.07. The van der Waals surface area contributed by atoms with Gasteiger partial charge in [-0.05, 0) is 109 Å². The largest absolute Gasteiger partial charge is 0.501 e. The molecule has 0 fully saturated rings. The van der Waals surface area contributed by atoms with Crippen molar-refractivity contribution in [3.8, 4) is 50.7 Å². The van der Waals surface area contributed by atoms with Gasteiger partial charge in [0.1, 0.15) is 5.58 Å². The van der Waals surface area contributed by atoms with Crippen LogP contribution in [0.25, 0.3) is 105 Å². The Morgan fingerprint density at radius 1 is 0.532 bits per heavy atom. The number of nitrogens with zero attached hydrogens (tertiary/aromatic N) is 4. The molecule has 399 valence electrons. The number of furan rings is 1. The van der Waals surface area contributed by atoms with Crippen LogP contribution in [0.5, 0.6) is 0 Å². The van der Waals surface area contributed by atoms with Gasteiger partial charge in [0.15, 0.2) is 0 Å². The van der Waals surface area contributed by atoms with Gasteiger partial charge in [-0.2, -0.15) is 0 Å². The number of rotatable bonds is 9. The Kier molecular flexibility index (Phi) is 15.1. The van der Waals surface area contributed by atoms with E-state index >= 15 is 0 Å². The van der Waals surface area contributed by atoms with Gasteiger partial charge >= 0.3 is 0 Å². The molecular formula is C71H70IrN4OSi2-2. The summed E-state index contributed by atoms with van der Waals surface area (Å²) in [6.45, 7) is 30.5. The predicted octanol–water partition coefficient (Wildman–Crippen LogP) is 18.6. The van der Waals surface area contributed by atoms with E-state index in [4.69, 9.17) is 9.40 Å². The summed E-state index contributed by atoms with van der Waals surface area (Å²) in [6.07, 6.45) is 1.81. The molecule has 0 aliphatic carbocycles. The molecule has 0 atom stereocenters. The van der Waals surface area contributed by atoms with Crippen molar-refractivity contribution in [2.45, 2.75) is 105 Å². The molecule has 3 heterocycles. The zero-order valence-electron chi connectivity index (χ0n) is 47.9. The second-order valence-electron chi connectivity index (χ2n) is 24.8. The number of aromatic nitrogens is 4. The minimum absolute atomic E-state index is 0. The number of hydrogen-bond acceptors (Lipinski definition) is 4. The fraction of sp³-hybridized carbons (Fsp3) is 0.225. The average Bonchev–Trinajstić information content (AvgIpc) is 4.13. The van der Waals surface area contributed by atoms with Crippen LogP contribution in [0, 0.1) is 12.1 Å². The molecule has 5 nitrogen and oxygen atoms in total. The van der Waals surface area contributed by atoms with Crippen LogP contribution in [-0.2, 0) is 25.5 Å². The Balaban J connectivity index is 0.000000356. The topological polar surface area (TPSA) is 56.7 Å². The van der Waals surface area contributed by atoms with Crippen molar-refractivity contribution in [3.05, 3.63) is 205 Å². The van der Waals surface area contributed by atoms with Gasteiger partial charge in [-0.1, -0.05) is 200 Å². The van der Waals surface area contributed by atoms with Crippen molar-refractivity contribution in [2.24, 2.45) is 0 Å². The SMILES string of the molecule is CC(C)(C)c1ccnc(-c2[c-]cccc2)n1.CC(C)c1cc(-c2ccc(-c3cc([Si](C)(C)C)cc([Si](C)(C)C)c3)cc2)cc(C(C)C)c1-n1c(-c2[c-]ccc3c2oc2cc4c(ccc5ccccc54)cc23)nc2ccccc21.[Ir]. The first-order valence-corrected chi connectivity index (χ1v) is 34.6. The summed E-state index contributed by atoms with van der Waals surface area (Å²) < 4.78 is 9.32. The maximum absolute atomic E-state index is 6.92. The van der Waals surface area contributed by atoms with Crippen molar-refractivity contribution in [3.63, 3.8) is 0 Å². The van der Waals surface area contributed by atoms with E-state index in [1.807, 2.05) is 42.6 Å². The Morgan fingerprint density at radius 3 is 1.78 bits per heavy atom. The summed E-state index contributed by atoms with van der Waals surface area (Å²) in [6, 6.07) is 68.3. The molecule has 12 rings (SSSR count). The first-order chi connectivity index (χ1) is 37.2. The van der Waals surface area contributed by atoms with E-state index in [0.717, 1.165) is 61.4 Å². The smallest absolute Gasteiger partial charge is 0.121 e. The van der Waals surface area contributed by atoms with Crippen molar-refractivity contribution in [2.75, 3.05) is 0 Å². The zero-order chi connectivity index (χ0) is 54.8. The van der Waals surface area contributed by atoms with Crippen LogP contribution in [0.2, 0.25) is 39.3 Å². The third kappa shape index (κ3) is 10.9. The molecule has 0 aliphatic heterocycles. The quantitative estimate of drug-likeness (QED) is 0.0821. The van der Waals surface area contributed by atoms with Crippen LogP contribution in [-0.4, -0.2) is 35.7 Å². The molecule has 1 radical (unpaired) electrons. The second-order valence-corrected chi connectivity index (χ2v) is 34.9. The molecule has 12 aromatic rings.